The van der Waals surface area contributed by atoms with Crippen LogP contribution in [-0.4, -0.2) is 35.6 Å². The first-order valence-corrected chi connectivity index (χ1v) is 9.68. The largest absolute Gasteiger partial charge is 0.495 e. The van der Waals surface area contributed by atoms with E-state index >= 15 is 0 Å². The summed E-state index contributed by atoms with van der Waals surface area (Å²) in [5.41, 5.74) is 1.87. The quantitative estimate of drug-likeness (QED) is 0.668. The van der Waals surface area contributed by atoms with Gasteiger partial charge in [0.25, 0.3) is 0 Å². The number of nitrogens with one attached hydrogen (secondary N) is 1. The highest BCUT2D eigenvalue weighted by Crippen LogP contribution is 2.31. The Labute approximate surface area is 177 Å². The zero-order chi connectivity index (χ0) is 21.3. The molecular weight excluding hydrogens is 408 g/mol. The number of hydrogen-bond donors (Lipinski definition) is 1. The Morgan fingerprint density at radius 3 is 2.87 bits per heavy atom. The van der Waals surface area contributed by atoms with Crippen LogP contribution in [0.15, 0.2) is 47.0 Å². The molecule has 1 N–H and O–H groups in total. The predicted molar refractivity (Wildman–Crippen MR) is 112 cm³/mol. The summed E-state index contributed by atoms with van der Waals surface area (Å²) in [4.78, 5) is 31.2. The zero-order valence-electron chi connectivity index (χ0n) is 16.4. The van der Waals surface area contributed by atoms with Gasteiger partial charge in [0.05, 0.1) is 18.7 Å². The van der Waals surface area contributed by atoms with Crippen LogP contribution in [0.2, 0.25) is 5.02 Å². The van der Waals surface area contributed by atoms with E-state index in [0.717, 1.165) is 5.56 Å². The van der Waals surface area contributed by atoms with Crippen molar-refractivity contribution in [2.24, 2.45) is 5.92 Å². The number of aryl methyl sites for hydroxylation is 1. The van der Waals surface area contributed by atoms with Gasteiger partial charge in [0, 0.05) is 36.2 Å². The van der Waals surface area contributed by atoms with Crippen LogP contribution in [0.25, 0.3) is 11.4 Å². The molecule has 1 saturated heterocycles. The Morgan fingerprint density at radius 1 is 1.30 bits per heavy atom. The van der Waals surface area contributed by atoms with Gasteiger partial charge in [0.2, 0.25) is 23.5 Å². The van der Waals surface area contributed by atoms with Gasteiger partial charge < -0.3 is 19.5 Å². The Balaban J connectivity index is 1.51. The lowest BCUT2D eigenvalue weighted by Crippen LogP contribution is -2.28. The first-order chi connectivity index (χ1) is 14.4. The van der Waals surface area contributed by atoms with Crippen LogP contribution in [0, 0.1) is 12.8 Å². The molecule has 2 aromatic carbocycles. The van der Waals surface area contributed by atoms with Gasteiger partial charge in [-0.1, -0.05) is 28.9 Å². The SMILES string of the molecule is COc1ccc(Cl)cc1NC(=O)[C@H]1CC(=O)N(c2cccc(-c3noc(C)n3)c2)C1. The lowest BCUT2D eigenvalue weighted by atomic mass is 10.1. The van der Waals surface area contributed by atoms with Crippen molar-refractivity contribution >= 4 is 34.8 Å². The molecule has 1 aromatic heterocycles. The fourth-order valence-corrected chi connectivity index (χ4v) is 3.55. The smallest absolute Gasteiger partial charge is 0.229 e. The maximum atomic E-state index is 12.8. The number of anilines is 2. The Morgan fingerprint density at radius 2 is 2.13 bits per heavy atom. The normalized spacial score (nSPS) is 16.0. The van der Waals surface area contributed by atoms with Crippen molar-refractivity contribution in [3.63, 3.8) is 0 Å². The number of halogens is 1. The van der Waals surface area contributed by atoms with E-state index in [1.165, 1.54) is 7.11 Å². The van der Waals surface area contributed by atoms with Gasteiger partial charge in [-0.25, -0.2) is 0 Å². The third kappa shape index (κ3) is 3.99. The molecule has 154 valence electrons. The minimum Gasteiger partial charge on any atom is -0.495 e. The summed E-state index contributed by atoms with van der Waals surface area (Å²) in [5.74, 6) is 0.504. The van der Waals surface area contributed by atoms with Crippen molar-refractivity contribution < 1.29 is 18.8 Å². The Bertz CT molecular complexity index is 1110. The monoisotopic (exact) mass is 426 g/mol. The predicted octanol–water partition coefficient (Wildman–Crippen LogP) is 3.70. The summed E-state index contributed by atoms with van der Waals surface area (Å²) < 4.78 is 10.3. The summed E-state index contributed by atoms with van der Waals surface area (Å²) in [5, 5.41) is 7.20. The summed E-state index contributed by atoms with van der Waals surface area (Å²) in [7, 11) is 1.51. The standard InChI is InChI=1S/C21H19ClN4O4/c1-12-23-20(25-30-12)13-4-3-5-16(8-13)26-11-14(9-19(26)27)21(28)24-17-10-15(22)6-7-18(17)29-2/h3-8,10,14H,9,11H2,1-2H3,(H,24,28)/t14-/m0/s1. The van der Waals surface area contributed by atoms with E-state index in [2.05, 4.69) is 15.5 Å². The molecule has 2 heterocycles. The molecule has 2 amide bonds. The van der Waals surface area contributed by atoms with Gasteiger partial charge in [-0.3, -0.25) is 9.59 Å². The second-order valence-corrected chi connectivity index (χ2v) is 7.36. The molecule has 1 atom stereocenters. The van der Waals surface area contributed by atoms with E-state index in [1.54, 1.807) is 30.0 Å². The summed E-state index contributed by atoms with van der Waals surface area (Å²) in [6.45, 7) is 1.98. The number of benzene rings is 2. The number of methoxy groups -OCH3 is 1. The van der Waals surface area contributed by atoms with Crippen LogP contribution in [-0.2, 0) is 9.59 Å². The summed E-state index contributed by atoms with van der Waals surface area (Å²) in [6, 6.07) is 12.2. The fraction of sp³-hybridized carbons (Fsp3) is 0.238. The molecule has 0 bridgehead atoms. The number of amides is 2. The van der Waals surface area contributed by atoms with Gasteiger partial charge in [0.15, 0.2) is 0 Å². The number of carbonyl (C=O) groups is 2. The van der Waals surface area contributed by atoms with E-state index in [4.69, 9.17) is 20.9 Å². The average Bonchev–Trinajstić information content (AvgIpc) is 3.34. The second-order valence-electron chi connectivity index (χ2n) is 6.93. The zero-order valence-corrected chi connectivity index (χ0v) is 17.1. The van der Waals surface area contributed by atoms with E-state index in [0.29, 0.717) is 33.9 Å². The highest BCUT2D eigenvalue weighted by molar-refractivity contribution is 6.31. The molecule has 8 nitrogen and oxygen atoms in total. The second kappa shape index (κ2) is 8.16. The number of hydrogen-bond acceptors (Lipinski definition) is 6. The third-order valence-electron chi connectivity index (χ3n) is 4.86. The van der Waals surface area contributed by atoms with E-state index in [9.17, 15) is 9.59 Å². The molecule has 0 saturated carbocycles. The number of carbonyl (C=O) groups excluding carboxylic acids is 2. The number of nitrogens with zero attached hydrogens (tertiary/aromatic N) is 3. The van der Waals surface area contributed by atoms with Crippen molar-refractivity contribution in [2.45, 2.75) is 13.3 Å². The Kier molecular flexibility index (Phi) is 5.41. The molecule has 1 aliphatic rings. The lowest BCUT2D eigenvalue weighted by Gasteiger charge is -2.17. The first kappa shape index (κ1) is 19.9. The molecule has 3 aromatic rings. The van der Waals surface area contributed by atoms with Crippen LogP contribution in [0.4, 0.5) is 11.4 Å². The van der Waals surface area contributed by atoms with Gasteiger partial charge >= 0.3 is 0 Å². The highest BCUT2D eigenvalue weighted by atomic mass is 35.5. The first-order valence-electron chi connectivity index (χ1n) is 9.30. The molecule has 30 heavy (non-hydrogen) atoms. The number of ether oxygens (including phenoxy) is 1. The van der Waals surface area contributed by atoms with Crippen LogP contribution in [0.1, 0.15) is 12.3 Å². The lowest BCUT2D eigenvalue weighted by molar-refractivity contribution is -0.122. The van der Waals surface area contributed by atoms with Crippen molar-refractivity contribution in [3.8, 4) is 17.1 Å². The van der Waals surface area contributed by atoms with Gasteiger partial charge in [-0.05, 0) is 30.3 Å². The maximum absolute atomic E-state index is 12.8. The van der Waals surface area contributed by atoms with Crippen molar-refractivity contribution in [1.29, 1.82) is 0 Å². The molecule has 1 aliphatic heterocycles. The van der Waals surface area contributed by atoms with Gasteiger partial charge in [-0.2, -0.15) is 4.98 Å². The van der Waals surface area contributed by atoms with E-state index in [1.807, 2.05) is 24.3 Å². The number of rotatable bonds is 5. The molecule has 0 radical (unpaired) electrons. The molecule has 0 spiro atoms. The number of aromatic nitrogens is 2. The topological polar surface area (TPSA) is 97.6 Å². The van der Waals surface area contributed by atoms with Crippen molar-refractivity contribution in [2.75, 3.05) is 23.9 Å². The third-order valence-corrected chi connectivity index (χ3v) is 5.09. The van der Waals surface area contributed by atoms with Crippen molar-refractivity contribution in [3.05, 3.63) is 53.4 Å². The van der Waals surface area contributed by atoms with Gasteiger partial charge in [-0.15, -0.1) is 0 Å². The van der Waals surface area contributed by atoms with E-state index in [-0.39, 0.29) is 24.8 Å². The van der Waals surface area contributed by atoms with Crippen LogP contribution in [0.5, 0.6) is 5.75 Å². The fourth-order valence-electron chi connectivity index (χ4n) is 3.37. The minimum absolute atomic E-state index is 0.111. The van der Waals surface area contributed by atoms with Crippen LogP contribution in [0.3, 0.4) is 0 Å². The molecule has 0 unspecified atom stereocenters. The van der Waals surface area contributed by atoms with Crippen LogP contribution < -0.4 is 15.0 Å². The van der Waals surface area contributed by atoms with Crippen LogP contribution >= 0.6 is 11.6 Å². The molecular formula is C21H19ClN4O4. The molecule has 9 heteroatoms. The summed E-state index contributed by atoms with van der Waals surface area (Å²) in [6.07, 6.45) is 0.111. The minimum atomic E-state index is -0.503. The average molecular weight is 427 g/mol. The molecule has 1 fully saturated rings. The molecule has 4 rings (SSSR count). The Hall–Kier alpha value is -3.39. The summed E-state index contributed by atoms with van der Waals surface area (Å²) >= 11 is 6.02. The van der Waals surface area contributed by atoms with E-state index < -0.39 is 5.92 Å². The van der Waals surface area contributed by atoms with Gasteiger partial charge in [0.1, 0.15) is 5.75 Å². The highest BCUT2D eigenvalue weighted by Gasteiger charge is 2.35. The van der Waals surface area contributed by atoms with Crippen molar-refractivity contribution in [1.82, 2.24) is 10.1 Å². The maximum Gasteiger partial charge on any atom is 0.229 e. The molecule has 0 aliphatic carbocycles.